The fraction of sp³-hybridized carbons (Fsp3) is 0.375. The smallest absolute Gasteiger partial charge is 0.345 e. The van der Waals surface area contributed by atoms with Gasteiger partial charge in [0.15, 0.2) is 0 Å². The molecule has 0 atom stereocenters. The molecule has 1 saturated heterocycles. The zero-order chi connectivity index (χ0) is 11.8. The lowest BCUT2D eigenvalue weighted by atomic mass is 10.3. The summed E-state index contributed by atoms with van der Waals surface area (Å²) in [6, 6.07) is 2.36. The summed E-state index contributed by atoms with van der Waals surface area (Å²) in [6.07, 6.45) is 0. The molecule has 0 saturated carbocycles. The molecule has 0 aromatic carbocycles. The maximum atomic E-state index is 11.7. The monoisotopic (exact) mass is 263 g/mol. The first-order chi connectivity index (χ1) is 7.49. The Bertz CT molecular complexity index is 502. The van der Waals surface area contributed by atoms with Gasteiger partial charge < -0.3 is 9.84 Å². The van der Waals surface area contributed by atoms with Gasteiger partial charge in [0, 0.05) is 0 Å². The number of ether oxygens (including phenoxy) is 1. The Labute approximate surface area is 95.9 Å². The predicted molar refractivity (Wildman–Crippen MR) is 56.2 cm³/mol. The number of sulfonamides is 1. The van der Waals surface area contributed by atoms with Crippen LogP contribution in [-0.2, 0) is 14.8 Å². The van der Waals surface area contributed by atoms with Crippen molar-refractivity contribution in [3.63, 3.8) is 0 Å². The van der Waals surface area contributed by atoms with Gasteiger partial charge >= 0.3 is 5.97 Å². The summed E-state index contributed by atoms with van der Waals surface area (Å²) in [4.78, 5) is 10.6. The van der Waals surface area contributed by atoms with Crippen molar-refractivity contribution in [1.82, 2.24) is 4.72 Å². The van der Waals surface area contributed by atoms with E-state index in [0.29, 0.717) is 13.2 Å². The minimum atomic E-state index is -3.61. The largest absolute Gasteiger partial charge is 0.477 e. The van der Waals surface area contributed by atoms with E-state index in [0.717, 1.165) is 11.3 Å². The Hall–Kier alpha value is -0.960. The summed E-state index contributed by atoms with van der Waals surface area (Å²) in [6.45, 7) is 0.715. The van der Waals surface area contributed by atoms with Gasteiger partial charge in [-0.25, -0.2) is 17.9 Å². The molecule has 88 valence electrons. The molecule has 0 radical (unpaired) electrons. The molecule has 2 heterocycles. The van der Waals surface area contributed by atoms with Crippen molar-refractivity contribution in [2.45, 2.75) is 10.3 Å². The quantitative estimate of drug-likeness (QED) is 0.805. The topological polar surface area (TPSA) is 92.7 Å². The van der Waals surface area contributed by atoms with Crippen LogP contribution in [0.5, 0.6) is 0 Å². The predicted octanol–water partition coefficient (Wildman–Crippen LogP) is 0.123. The minimum absolute atomic E-state index is 0.00485. The Kier molecular flexibility index (Phi) is 2.98. The van der Waals surface area contributed by atoms with Gasteiger partial charge in [0.1, 0.15) is 9.09 Å². The van der Waals surface area contributed by atoms with Crippen LogP contribution in [-0.4, -0.2) is 38.7 Å². The first-order valence-corrected chi connectivity index (χ1v) is 6.72. The number of hydrogen-bond donors (Lipinski definition) is 2. The van der Waals surface area contributed by atoms with Crippen LogP contribution in [0.25, 0.3) is 0 Å². The zero-order valence-corrected chi connectivity index (χ0v) is 9.68. The van der Waals surface area contributed by atoms with E-state index in [9.17, 15) is 13.2 Å². The van der Waals surface area contributed by atoms with Gasteiger partial charge in [0.2, 0.25) is 10.0 Å². The second-order valence-electron chi connectivity index (χ2n) is 3.28. The van der Waals surface area contributed by atoms with Crippen molar-refractivity contribution < 1.29 is 23.1 Å². The lowest BCUT2D eigenvalue weighted by Gasteiger charge is -2.26. The first kappa shape index (κ1) is 11.5. The van der Waals surface area contributed by atoms with Crippen molar-refractivity contribution in [3.8, 4) is 0 Å². The molecule has 0 bridgehead atoms. The highest BCUT2D eigenvalue weighted by molar-refractivity contribution is 7.91. The second-order valence-corrected chi connectivity index (χ2v) is 6.30. The molecular formula is C8H9NO5S2. The number of thiophene rings is 1. The molecule has 1 aromatic rings. The molecule has 1 fully saturated rings. The van der Waals surface area contributed by atoms with Crippen molar-refractivity contribution >= 4 is 27.3 Å². The molecule has 1 aromatic heterocycles. The zero-order valence-electron chi connectivity index (χ0n) is 8.04. The number of carboxylic acids is 1. The maximum Gasteiger partial charge on any atom is 0.345 e. The molecule has 0 spiro atoms. The summed E-state index contributed by atoms with van der Waals surface area (Å²) < 4.78 is 30.7. The average molecular weight is 263 g/mol. The lowest BCUT2D eigenvalue weighted by Crippen LogP contribution is -2.48. The number of rotatable bonds is 4. The fourth-order valence-electron chi connectivity index (χ4n) is 1.16. The van der Waals surface area contributed by atoms with Crippen LogP contribution in [0.2, 0.25) is 0 Å². The molecule has 0 aliphatic carbocycles. The van der Waals surface area contributed by atoms with Gasteiger partial charge in [0.25, 0.3) is 0 Å². The van der Waals surface area contributed by atoms with E-state index in [1.807, 2.05) is 0 Å². The van der Waals surface area contributed by atoms with E-state index < -0.39 is 16.0 Å². The summed E-state index contributed by atoms with van der Waals surface area (Å²) in [5.41, 5.74) is 0. The highest BCUT2D eigenvalue weighted by atomic mass is 32.2. The maximum absolute atomic E-state index is 11.7. The average Bonchev–Trinajstić information content (AvgIpc) is 2.61. The van der Waals surface area contributed by atoms with Gasteiger partial charge in [-0.05, 0) is 12.1 Å². The number of nitrogens with one attached hydrogen (secondary N) is 1. The van der Waals surface area contributed by atoms with E-state index in [2.05, 4.69) is 4.72 Å². The Morgan fingerprint density at radius 2 is 2.19 bits per heavy atom. The van der Waals surface area contributed by atoms with Crippen LogP contribution in [0.1, 0.15) is 9.67 Å². The summed E-state index contributed by atoms with van der Waals surface area (Å²) >= 11 is 0.734. The minimum Gasteiger partial charge on any atom is -0.477 e. The van der Waals surface area contributed by atoms with E-state index in [1.54, 1.807) is 0 Å². The second kappa shape index (κ2) is 4.13. The van der Waals surface area contributed by atoms with Crippen molar-refractivity contribution in [2.75, 3.05) is 13.2 Å². The van der Waals surface area contributed by atoms with Gasteiger partial charge in [0.05, 0.1) is 19.3 Å². The number of carboxylic acid groups (broad SMARTS) is 1. The number of aromatic carboxylic acids is 1. The SMILES string of the molecule is O=C(O)c1ccc(S(=O)(=O)NC2COC2)s1. The summed E-state index contributed by atoms with van der Waals surface area (Å²) in [7, 11) is -3.61. The standard InChI is InChI=1S/C8H9NO5S2/c10-8(11)6-1-2-7(15-6)16(12,13)9-5-3-14-4-5/h1-2,5,9H,3-4H2,(H,10,11). The fourth-order valence-corrected chi connectivity index (χ4v) is 3.53. The molecule has 0 amide bonds. The summed E-state index contributed by atoms with van der Waals surface area (Å²) in [5, 5.41) is 8.68. The normalized spacial score (nSPS) is 17.0. The third-order valence-corrected chi connectivity index (χ3v) is 5.10. The van der Waals surface area contributed by atoms with Crippen LogP contribution >= 0.6 is 11.3 Å². The molecule has 8 heteroatoms. The van der Waals surface area contributed by atoms with Gasteiger partial charge in [-0.15, -0.1) is 11.3 Å². The molecule has 0 unspecified atom stereocenters. The van der Waals surface area contributed by atoms with Crippen molar-refractivity contribution in [1.29, 1.82) is 0 Å². The third-order valence-electron chi connectivity index (χ3n) is 2.02. The molecule has 2 N–H and O–H groups in total. The first-order valence-electron chi connectivity index (χ1n) is 4.42. The number of carbonyl (C=O) groups is 1. The van der Waals surface area contributed by atoms with E-state index >= 15 is 0 Å². The molecule has 1 aliphatic rings. The van der Waals surface area contributed by atoms with Crippen LogP contribution in [0.15, 0.2) is 16.3 Å². The highest BCUT2D eigenvalue weighted by Crippen LogP contribution is 2.22. The molecule has 1 aliphatic heterocycles. The number of hydrogen-bond acceptors (Lipinski definition) is 5. The molecule has 16 heavy (non-hydrogen) atoms. The Balaban J connectivity index is 2.17. The van der Waals surface area contributed by atoms with Crippen molar-refractivity contribution in [2.24, 2.45) is 0 Å². The van der Waals surface area contributed by atoms with Gasteiger partial charge in [-0.3, -0.25) is 0 Å². The van der Waals surface area contributed by atoms with Crippen LogP contribution in [0, 0.1) is 0 Å². The van der Waals surface area contributed by atoms with Crippen LogP contribution < -0.4 is 4.72 Å². The Morgan fingerprint density at radius 1 is 1.50 bits per heavy atom. The van der Waals surface area contributed by atoms with Crippen LogP contribution in [0.3, 0.4) is 0 Å². The van der Waals surface area contributed by atoms with Crippen LogP contribution in [0.4, 0.5) is 0 Å². The summed E-state index contributed by atoms with van der Waals surface area (Å²) in [5.74, 6) is -1.13. The lowest BCUT2D eigenvalue weighted by molar-refractivity contribution is 0.00484. The third kappa shape index (κ3) is 2.24. The molecular weight excluding hydrogens is 254 g/mol. The van der Waals surface area contributed by atoms with E-state index in [4.69, 9.17) is 9.84 Å². The molecule has 2 rings (SSSR count). The van der Waals surface area contributed by atoms with Crippen molar-refractivity contribution in [3.05, 3.63) is 17.0 Å². The highest BCUT2D eigenvalue weighted by Gasteiger charge is 2.27. The van der Waals surface area contributed by atoms with Gasteiger partial charge in [-0.2, -0.15) is 0 Å². The Morgan fingerprint density at radius 3 is 2.62 bits per heavy atom. The molecule has 6 nitrogen and oxygen atoms in total. The van der Waals surface area contributed by atoms with E-state index in [-0.39, 0.29) is 15.1 Å². The van der Waals surface area contributed by atoms with E-state index in [1.165, 1.54) is 12.1 Å². The van der Waals surface area contributed by atoms with Gasteiger partial charge in [-0.1, -0.05) is 0 Å².